The molecular formula is C31H27N5O6S. The van der Waals surface area contributed by atoms with Gasteiger partial charge in [0.25, 0.3) is 11.5 Å². The van der Waals surface area contributed by atoms with Gasteiger partial charge in [-0.2, -0.15) is 4.98 Å². The Morgan fingerprint density at radius 1 is 1.00 bits per heavy atom. The summed E-state index contributed by atoms with van der Waals surface area (Å²) >= 11 is 0. The van der Waals surface area contributed by atoms with Crippen molar-refractivity contribution in [1.82, 2.24) is 19.9 Å². The van der Waals surface area contributed by atoms with Crippen molar-refractivity contribution < 1.29 is 22.0 Å². The van der Waals surface area contributed by atoms with Crippen LogP contribution in [-0.2, 0) is 17.1 Å². The molecule has 1 N–H and O–H groups in total. The highest BCUT2D eigenvalue weighted by molar-refractivity contribution is 7.92. The van der Waals surface area contributed by atoms with Crippen molar-refractivity contribution in [2.45, 2.75) is 6.92 Å². The number of benzene rings is 2. The number of anilines is 1. The van der Waals surface area contributed by atoms with Crippen molar-refractivity contribution in [3.63, 3.8) is 0 Å². The van der Waals surface area contributed by atoms with Gasteiger partial charge in [0.05, 0.1) is 17.5 Å². The fourth-order valence-corrected chi connectivity index (χ4v) is 5.47. The zero-order valence-electron chi connectivity index (χ0n) is 24.0. The van der Waals surface area contributed by atoms with Crippen LogP contribution in [0.4, 0.5) is 5.69 Å². The topological polar surface area (TPSA) is 141 Å². The Labute approximate surface area is 246 Å². The molecule has 218 valence electrons. The smallest absolute Gasteiger partial charge is 0.263 e. The van der Waals surface area contributed by atoms with E-state index in [1.54, 1.807) is 49.8 Å². The van der Waals surface area contributed by atoms with Crippen molar-refractivity contribution in [2.24, 2.45) is 7.05 Å². The Morgan fingerprint density at radius 3 is 2.42 bits per heavy atom. The number of fused-ring (bicyclic) bond motifs is 2. The molecule has 4 heterocycles. The van der Waals surface area contributed by atoms with Gasteiger partial charge in [-0.15, -0.1) is 0 Å². The second-order valence-corrected chi connectivity index (χ2v) is 12.3. The lowest BCUT2D eigenvalue weighted by Gasteiger charge is -2.21. The zero-order valence-corrected chi connectivity index (χ0v) is 24.8. The molecule has 0 radical (unpaired) electrons. The van der Waals surface area contributed by atoms with Gasteiger partial charge in [-0.1, -0.05) is 29.8 Å². The Morgan fingerprint density at radius 2 is 1.74 bits per heavy atom. The Bertz CT molecular complexity index is 2200. The molecule has 12 heteroatoms. The van der Waals surface area contributed by atoms with E-state index in [2.05, 4.69) is 15.3 Å². The molecule has 0 saturated heterocycles. The van der Waals surface area contributed by atoms with Gasteiger partial charge in [0, 0.05) is 61.7 Å². The monoisotopic (exact) mass is 597 g/mol. The number of nitrogens with zero attached hydrogens (tertiary/aromatic N) is 4. The minimum atomic E-state index is -3.73. The van der Waals surface area contributed by atoms with E-state index in [0.717, 1.165) is 16.1 Å². The molecule has 0 bridgehead atoms. The van der Waals surface area contributed by atoms with Crippen molar-refractivity contribution >= 4 is 43.8 Å². The van der Waals surface area contributed by atoms with Crippen LogP contribution in [0.3, 0.4) is 0 Å². The minimum absolute atomic E-state index is 0.0752. The lowest BCUT2D eigenvalue weighted by atomic mass is 9.98. The fourth-order valence-electron chi connectivity index (χ4n) is 4.96. The van der Waals surface area contributed by atoms with Gasteiger partial charge >= 0.3 is 0 Å². The molecule has 0 fully saturated rings. The van der Waals surface area contributed by atoms with E-state index in [1.165, 1.54) is 18.7 Å². The standard InChI is InChI=1S/C31H27N5O6S/c1-17-8-10-18(11-9-17)27-26(29(37)32-2)21-14-20(23(15-25(21)41-27)36(4)43(5,39)40)19-13-22(31(38)35(3)16-19)30-34-28-24(42-30)7-6-12-33-28/h6-16H,1-5H3,(H,32,37). The summed E-state index contributed by atoms with van der Waals surface area (Å²) in [6.45, 7) is 1.96. The van der Waals surface area contributed by atoms with Crippen LogP contribution in [0.1, 0.15) is 15.9 Å². The van der Waals surface area contributed by atoms with Gasteiger partial charge in [-0.25, -0.2) is 13.4 Å². The number of hydrogen-bond donors (Lipinski definition) is 1. The number of hydrogen-bond acceptors (Lipinski definition) is 8. The molecule has 6 rings (SSSR count). The first-order chi connectivity index (χ1) is 20.5. The van der Waals surface area contributed by atoms with Crippen molar-refractivity contribution in [3.05, 3.63) is 88.5 Å². The number of oxazole rings is 1. The first-order valence-corrected chi connectivity index (χ1v) is 15.1. The van der Waals surface area contributed by atoms with Crippen molar-refractivity contribution in [2.75, 3.05) is 24.7 Å². The summed E-state index contributed by atoms with van der Waals surface area (Å²) in [6, 6.07) is 15.8. The van der Waals surface area contributed by atoms with E-state index in [-0.39, 0.29) is 28.6 Å². The molecule has 0 aliphatic carbocycles. The third-order valence-corrected chi connectivity index (χ3v) is 8.49. The number of carbonyl (C=O) groups is 1. The number of rotatable bonds is 6. The number of amides is 1. The predicted octanol–water partition coefficient (Wildman–Crippen LogP) is 4.73. The van der Waals surface area contributed by atoms with E-state index in [4.69, 9.17) is 8.83 Å². The summed E-state index contributed by atoms with van der Waals surface area (Å²) < 4.78 is 40.2. The number of nitrogens with one attached hydrogen (secondary N) is 1. The Hall–Kier alpha value is -5.23. The van der Waals surface area contributed by atoms with E-state index in [0.29, 0.717) is 50.2 Å². The lowest BCUT2D eigenvalue weighted by Crippen LogP contribution is -2.25. The number of aryl methyl sites for hydroxylation is 2. The van der Waals surface area contributed by atoms with Crippen LogP contribution >= 0.6 is 0 Å². The van der Waals surface area contributed by atoms with Crippen LogP contribution in [0.15, 0.2) is 80.6 Å². The van der Waals surface area contributed by atoms with Crippen LogP contribution in [0.5, 0.6) is 0 Å². The van der Waals surface area contributed by atoms with Gasteiger partial charge in [-0.3, -0.25) is 13.9 Å². The summed E-state index contributed by atoms with van der Waals surface area (Å²) in [5.41, 5.74) is 4.11. The highest BCUT2D eigenvalue weighted by atomic mass is 32.2. The van der Waals surface area contributed by atoms with Gasteiger partial charge in [0.1, 0.15) is 16.9 Å². The molecular weight excluding hydrogens is 570 g/mol. The quantitative estimate of drug-likeness (QED) is 0.291. The molecule has 0 aliphatic rings. The first kappa shape index (κ1) is 27.9. The van der Waals surface area contributed by atoms with Gasteiger partial charge in [-0.05, 0) is 31.2 Å². The number of sulfonamides is 1. The maximum absolute atomic E-state index is 13.3. The maximum Gasteiger partial charge on any atom is 0.263 e. The molecule has 0 saturated carbocycles. The molecule has 11 nitrogen and oxygen atoms in total. The normalized spacial score (nSPS) is 11.7. The first-order valence-electron chi connectivity index (χ1n) is 13.2. The molecule has 43 heavy (non-hydrogen) atoms. The van der Waals surface area contributed by atoms with Gasteiger partial charge in [0.15, 0.2) is 11.2 Å². The van der Waals surface area contributed by atoms with Gasteiger partial charge < -0.3 is 18.7 Å². The van der Waals surface area contributed by atoms with Crippen LogP contribution in [0.2, 0.25) is 0 Å². The zero-order chi connectivity index (χ0) is 30.6. The van der Waals surface area contributed by atoms with Crippen LogP contribution < -0.4 is 15.2 Å². The Kier molecular flexibility index (Phi) is 6.65. The highest BCUT2D eigenvalue weighted by Gasteiger charge is 2.27. The average molecular weight is 598 g/mol. The predicted molar refractivity (Wildman–Crippen MR) is 164 cm³/mol. The van der Waals surface area contributed by atoms with E-state index in [9.17, 15) is 18.0 Å². The minimum Gasteiger partial charge on any atom is -0.455 e. The number of aromatic nitrogens is 3. The lowest BCUT2D eigenvalue weighted by molar-refractivity contribution is 0.0964. The van der Waals surface area contributed by atoms with Crippen molar-refractivity contribution in [3.8, 4) is 33.9 Å². The third kappa shape index (κ3) is 4.85. The van der Waals surface area contributed by atoms with Gasteiger partial charge in [0.2, 0.25) is 15.9 Å². The third-order valence-electron chi connectivity index (χ3n) is 7.30. The molecule has 2 aromatic carbocycles. The van der Waals surface area contributed by atoms with E-state index < -0.39 is 10.0 Å². The SMILES string of the molecule is CNC(=O)c1c(-c2ccc(C)cc2)oc2cc(N(C)S(C)(=O)=O)c(-c3cc(-c4nc5ncccc5o4)c(=O)n(C)c3)cc12. The number of carbonyl (C=O) groups excluding carboxylic acids is 1. The molecule has 0 aliphatic heterocycles. The largest absolute Gasteiger partial charge is 0.455 e. The van der Waals surface area contributed by atoms with Crippen LogP contribution in [-0.4, -0.2) is 49.2 Å². The second-order valence-electron chi connectivity index (χ2n) is 10.3. The van der Waals surface area contributed by atoms with Crippen LogP contribution in [0, 0.1) is 6.92 Å². The molecule has 0 spiro atoms. The van der Waals surface area contributed by atoms with E-state index >= 15 is 0 Å². The maximum atomic E-state index is 13.3. The molecule has 6 aromatic rings. The summed E-state index contributed by atoms with van der Waals surface area (Å²) in [4.78, 5) is 35.1. The summed E-state index contributed by atoms with van der Waals surface area (Å²) in [5, 5.41) is 3.15. The highest BCUT2D eigenvalue weighted by Crippen LogP contribution is 2.41. The van der Waals surface area contributed by atoms with E-state index in [1.807, 2.05) is 31.2 Å². The van der Waals surface area contributed by atoms with Crippen molar-refractivity contribution in [1.29, 1.82) is 0 Å². The Balaban J connectivity index is 1.66. The average Bonchev–Trinajstić information content (AvgIpc) is 3.58. The number of pyridine rings is 2. The fraction of sp³-hybridized carbons (Fsp3) is 0.161. The second kappa shape index (κ2) is 10.2. The molecule has 1 amide bonds. The summed E-state index contributed by atoms with van der Waals surface area (Å²) in [6.07, 6.45) is 4.26. The summed E-state index contributed by atoms with van der Waals surface area (Å²) in [7, 11) is 0.810. The number of furan rings is 1. The van der Waals surface area contributed by atoms with Crippen LogP contribution in [0.25, 0.3) is 56.1 Å². The molecule has 0 unspecified atom stereocenters. The summed E-state index contributed by atoms with van der Waals surface area (Å²) in [5.74, 6) is 0.0514. The molecule has 4 aromatic heterocycles. The molecule has 0 atom stereocenters.